The van der Waals surface area contributed by atoms with Crippen molar-refractivity contribution >= 4 is 29.3 Å². The maximum atomic E-state index is 12.1. The van der Waals surface area contributed by atoms with Crippen LogP contribution in [0.5, 0.6) is 17.2 Å². The summed E-state index contributed by atoms with van der Waals surface area (Å²) in [5, 5.41) is 5.41. The number of carbonyl (C=O) groups excluding carboxylic acids is 2. The lowest BCUT2D eigenvalue weighted by atomic mass is 10.1. The molecule has 0 spiro atoms. The predicted molar refractivity (Wildman–Crippen MR) is 105 cm³/mol. The number of methoxy groups -OCH3 is 3. The van der Waals surface area contributed by atoms with Gasteiger partial charge in [0.1, 0.15) is 0 Å². The van der Waals surface area contributed by atoms with E-state index in [1.54, 1.807) is 42.5 Å². The first-order valence-electron chi connectivity index (χ1n) is 8.13. The van der Waals surface area contributed by atoms with Gasteiger partial charge in [-0.15, -0.1) is 0 Å². The molecule has 2 aromatic carbocycles. The summed E-state index contributed by atoms with van der Waals surface area (Å²) in [4.78, 5) is 23.1. The van der Waals surface area contributed by atoms with Crippen molar-refractivity contribution in [2.75, 3.05) is 32.0 Å². The van der Waals surface area contributed by atoms with Crippen LogP contribution in [0, 0.1) is 0 Å². The number of nitrogens with one attached hydrogen (secondary N) is 2. The summed E-state index contributed by atoms with van der Waals surface area (Å²) in [5.74, 6) is 1.05. The third-order valence-corrected chi connectivity index (χ3v) is 3.59. The van der Waals surface area contributed by atoms with Crippen LogP contribution in [0.2, 0.25) is 0 Å². The van der Waals surface area contributed by atoms with Crippen LogP contribution in [0.3, 0.4) is 0 Å². The molecule has 0 radical (unpaired) electrons. The molecule has 0 aliphatic carbocycles. The van der Waals surface area contributed by atoms with Crippen LogP contribution in [0.25, 0.3) is 6.08 Å². The number of anilines is 2. The van der Waals surface area contributed by atoms with Crippen LogP contribution >= 0.6 is 0 Å². The van der Waals surface area contributed by atoms with Gasteiger partial charge < -0.3 is 24.8 Å². The first-order chi connectivity index (χ1) is 13.0. The van der Waals surface area contributed by atoms with E-state index in [4.69, 9.17) is 14.2 Å². The Bertz CT molecular complexity index is 819. The zero-order valence-electron chi connectivity index (χ0n) is 15.7. The molecule has 7 heteroatoms. The third-order valence-electron chi connectivity index (χ3n) is 3.59. The summed E-state index contributed by atoms with van der Waals surface area (Å²) >= 11 is 0. The lowest BCUT2D eigenvalue weighted by Crippen LogP contribution is -2.08. The highest BCUT2D eigenvalue weighted by molar-refractivity contribution is 6.02. The highest BCUT2D eigenvalue weighted by Crippen LogP contribution is 2.38. The molecule has 27 heavy (non-hydrogen) atoms. The molecule has 0 bridgehead atoms. The molecular weight excluding hydrogens is 348 g/mol. The maximum Gasteiger partial charge on any atom is 0.248 e. The van der Waals surface area contributed by atoms with Gasteiger partial charge in [0.25, 0.3) is 0 Å². The molecule has 0 heterocycles. The van der Waals surface area contributed by atoms with Crippen molar-refractivity contribution in [3.63, 3.8) is 0 Å². The van der Waals surface area contributed by atoms with E-state index in [1.165, 1.54) is 34.3 Å². The van der Waals surface area contributed by atoms with Crippen molar-refractivity contribution in [3.05, 3.63) is 48.0 Å². The summed E-state index contributed by atoms with van der Waals surface area (Å²) < 4.78 is 15.9. The van der Waals surface area contributed by atoms with Gasteiger partial charge in [0.05, 0.1) is 21.3 Å². The minimum atomic E-state index is -0.295. The molecule has 0 atom stereocenters. The van der Waals surface area contributed by atoms with Gasteiger partial charge in [0, 0.05) is 24.4 Å². The minimum Gasteiger partial charge on any atom is -0.493 e. The van der Waals surface area contributed by atoms with E-state index >= 15 is 0 Å². The first kappa shape index (κ1) is 19.8. The molecule has 2 amide bonds. The average Bonchev–Trinajstić information content (AvgIpc) is 2.66. The third kappa shape index (κ3) is 5.50. The second-order valence-corrected chi connectivity index (χ2v) is 5.54. The molecule has 0 aliphatic rings. The lowest BCUT2D eigenvalue weighted by molar-refractivity contribution is -0.114. The summed E-state index contributed by atoms with van der Waals surface area (Å²) in [6, 6.07) is 10.3. The normalized spacial score (nSPS) is 10.4. The number of ether oxygens (including phenoxy) is 3. The van der Waals surface area contributed by atoms with Crippen LogP contribution < -0.4 is 24.8 Å². The van der Waals surface area contributed by atoms with E-state index in [0.29, 0.717) is 28.6 Å². The molecule has 2 rings (SSSR count). The van der Waals surface area contributed by atoms with E-state index in [9.17, 15) is 9.59 Å². The van der Waals surface area contributed by atoms with Gasteiger partial charge in [-0.3, -0.25) is 9.59 Å². The van der Waals surface area contributed by atoms with Gasteiger partial charge in [-0.25, -0.2) is 0 Å². The Kier molecular flexibility index (Phi) is 6.82. The topological polar surface area (TPSA) is 85.9 Å². The summed E-state index contributed by atoms with van der Waals surface area (Å²) in [6.45, 7) is 1.43. The quantitative estimate of drug-likeness (QED) is 0.730. The van der Waals surface area contributed by atoms with Crippen molar-refractivity contribution in [1.82, 2.24) is 0 Å². The van der Waals surface area contributed by atoms with Crippen molar-refractivity contribution in [2.45, 2.75) is 6.92 Å². The summed E-state index contributed by atoms with van der Waals surface area (Å²) in [5.41, 5.74) is 2.00. The Balaban J connectivity index is 2.09. The van der Waals surface area contributed by atoms with Crippen LogP contribution in [0.1, 0.15) is 12.5 Å². The average molecular weight is 370 g/mol. The van der Waals surface area contributed by atoms with Crippen LogP contribution in [0.4, 0.5) is 11.4 Å². The van der Waals surface area contributed by atoms with Crippen LogP contribution in [-0.4, -0.2) is 33.1 Å². The van der Waals surface area contributed by atoms with E-state index < -0.39 is 0 Å². The molecule has 0 aliphatic heterocycles. The highest BCUT2D eigenvalue weighted by Gasteiger charge is 2.12. The van der Waals surface area contributed by atoms with E-state index in [-0.39, 0.29) is 11.8 Å². The molecule has 0 saturated carbocycles. The SMILES string of the molecule is COc1cc(C=CC(=O)Nc2ccc(NC(C)=O)cc2)cc(OC)c1OC. The Hall–Kier alpha value is -3.48. The number of amides is 2. The predicted octanol–water partition coefficient (Wildman–Crippen LogP) is 3.32. The molecule has 0 unspecified atom stereocenters. The molecular formula is C20H22N2O5. The van der Waals surface area contributed by atoms with Crippen molar-refractivity contribution in [2.24, 2.45) is 0 Å². The Morgan fingerprint density at radius 2 is 1.37 bits per heavy atom. The minimum absolute atomic E-state index is 0.153. The standard InChI is InChI=1S/C20H22N2O5/c1-13(23)21-15-6-8-16(9-7-15)22-19(24)10-5-14-11-17(25-2)20(27-4)18(12-14)26-3/h5-12H,1-4H3,(H,21,23)(H,22,24). The van der Waals surface area contributed by atoms with Gasteiger partial charge >= 0.3 is 0 Å². The Labute approximate surface area is 157 Å². The van der Waals surface area contributed by atoms with Gasteiger partial charge in [-0.2, -0.15) is 0 Å². The number of carbonyl (C=O) groups is 2. The van der Waals surface area contributed by atoms with Gasteiger partial charge in [0.2, 0.25) is 17.6 Å². The second-order valence-electron chi connectivity index (χ2n) is 5.54. The number of hydrogen-bond donors (Lipinski definition) is 2. The monoisotopic (exact) mass is 370 g/mol. The van der Waals surface area contributed by atoms with Crippen LogP contribution in [-0.2, 0) is 9.59 Å². The molecule has 2 N–H and O–H groups in total. The molecule has 0 saturated heterocycles. The maximum absolute atomic E-state index is 12.1. The molecule has 0 fully saturated rings. The summed E-state index contributed by atoms with van der Waals surface area (Å²) in [6.07, 6.45) is 3.05. The number of benzene rings is 2. The highest BCUT2D eigenvalue weighted by atomic mass is 16.5. The van der Waals surface area contributed by atoms with Crippen molar-refractivity contribution in [3.8, 4) is 17.2 Å². The smallest absolute Gasteiger partial charge is 0.248 e. The van der Waals surface area contributed by atoms with Gasteiger partial charge in [0.15, 0.2) is 11.5 Å². The Morgan fingerprint density at radius 1 is 0.852 bits per heavy atom. The number of rotatable bonds is 7. The zero-order valence-corrected chi connectivity index (χ0v) is 15.7. The molecule has 2 aromatic rings. The van der Waals surface area contributed by atoms with Crippen molar-refractivity contribution in [1.29, 1.82) is 0 Å². The molecule has 0 aromatic heterocycles. The fraction of sp³-hybridized carbons (Fsp3) is 0.200. The molecule has 7 nitrogen and oxygen atoms in total. The lowest BCUT2D eigenvalue weighted by Gasteiger charge is -2.12. The second kappa shape index (κ2) is 9.28. The first-order valence-corrected chi connectivity index (χ1v) is 8.13. The Morgan fingerprint density at radius 3 is 1.81 bits per heavy atom. The van der Waals surface area contributed by atoms with Gasteiger partial charge in [-0.1, -0.05) is 0 Å². The fourth-order valence-electron chi connectivity index (χ4n) is 2.39. The van der Waals surface area contributed by atoms with Crippen molar-refractivity contribution < 1.29 is 23.8 Å². The zero-order chi connectivity index (χ0) is 19.8. The van der Waals surface area contributed by atoms with E-state index in [1.807, 2.05) is 0 Å². The number of hydrogen-bond acceptors (Lipinski definition) is 5. The van der Waals surface area contributed by atoms with Gasteiger partial charge in [-0.05, 0) is 48.0 Å². The van der Waals surface area contributed by atoms with E-state index in [0.717, 1.165) is 5.56 Å². The largest absolute Gasteiger partial charge is 0.493 e. The molecule has 142 valence electrons. The summed E-state index contributed by atoms with van der Waals surface area (Å²) in [7, 11) is 4.59. The fourth-order valence-corrected chi connectivity index (χ4v) is 2.39. The van der Waals surface area contributed by atoms with Crippen LogP contribution in [0.15, 0.2) is 42.5 Å². The van der Waals surface area contributed by atoms with E-state index in [2.05, 4.69) is 10.6 Å².